The average molecular weight is 170 g/mol. The van der Waals surface area contributed by atoms with Gasteiger partial charge in [0.15, 0.2) is 0 Å². The first-order valence-corrected chi connectivity index (χ1v) is 3.05. The molecule has 0 fully saturated rings. The van der Waals surface area contributed by atoms with Gasteiger partial charge in [-0.25, -0.2) is 9.66 Å². The number of benzene rings is 1. The van der Waals surface area contributed by atoms with Crippen molar-refractivity contribution in [1.29, 1.82) is 0 Å². The summed E-state index contributed by atoms with van der Waals surface area (Å²) < 4.78 is 1.51. The van der Waals surface area contributed by atoms with Gasteiger partial charge >= 0.3 is 0 Å². The Morgan fingerprint density at radius 1 is 1.27 bits per heavy atom. The van der Waals surface area contributed by atoms with E-state index in [1.807, 2.05) is 24.3 Å². The Morgan fingerprint density at radius 3 is 2.73 bits per heavy atom. The standard InChI is InChI=1S/C7H7N3.ClH/c8-10-5-9-6-3-1-2-4-7(6)10;/h1-5H,8H2;1H. The highest BCUT2D eigenvalue weighted by Crippen LogP contribution is 2.07. The van der Waals surface area contributed by atoms with Crippen LogP contribution in [0.4, 0.5) is 0 Å². The third-order valence-corrected chi connectivity index (χ3v) is 1.48. The molecule has 0 saturated heterocycles. The van der Waals surface area contributed by atoms with Crippen molar-refractivity contribution in [1.82, 2.24) is 9.66 Å². The van der Waals surface area contributed by atoms with E-state index < -0.39 is 0 Å². The van der Waals surface area contributed by atoms with Crippen LogP contribution in [0.25, 0.3) is 11.0 Å². The van der Waals surface area contributed by atoms with Crippen LogP contribution in [0.5, 0.6) is 0 Å². The van der Waals surface area contributed by atoms with Crippen LogP contribution in [0, 0.1) is 0 Å². The van der Waals surface area contributed by atoms with Gasteiger partial charge in [-0.2, -0.15) is 0 Å². The Kier molecular flexibility index (Phi) is 2.01. The Hall–Kier alpha value is -1.22. The van der Waals surface area contributed by atoms with Gasteiger partial charge in [0.25, 0.3) is 0 Å². The van der Waals surface area contributed by atoms with Gasteiger partial charge in [-0.05, 0) is 12.1 Å². The molecule has 11 heavy (non-hydrogen) atoms. The topological polar surface area (TPSA) is 43.8 Å². The molecule has 3 nitrogen and oxygen atoms in total. The molecule has 4 heteroatoms. The van der Waals surface area contributed by atoms with Crippen LogP contribution in [0.3, 0.4) is 0 Å². The number of fused-ring (bicyclic) bond motifs is 1. The van der Waals surface area contributed by atoms with Crippen molar-refractivity contribution in [3.05, 3.63) is 30.6 Å². The van der Waals surface area contributed by atoms with Gasteiger partial charge in [-0.15, -0.1) is 12.4 Å². The highest BCUT2D eigenvalue weighted by Gasteiger charge is 1.94. The number of nitrogens with zero attached hydrogens (tertiary/aromatic N) is 2. The summed E-state index contributed by atoms with van der Waals surface area (Å²) in [5, 5.41) is 0. The Labute approximate surface area is 70.2 Å². The number of rotatable bonds is 0. The largest absolute Gasteiger partial charge is 0.338 e. The molecule has 0 spiro atoms. The van der Waals surface area contributed by atoms with Gasteiger partial charge in [0.05, 0.1) is 11.0 Å². The molecule has 0 radical (unpaired) electrons. The van der Waals surface area contributed by atoms with E-state index in [9.17, 15) is 0 Å². The first kappa shape index (κ1) is 7.88. The van der Waals surface area contributed by atoms with Crippen LogP contribution in [0.1, 0.15) is 0 Å². The molecule has 0 amide bonds. The molecule has 0 saturated carbocycles. The van der Waals surface area contributed by atoms with Crippen LogP contribution in [-0.2, 0) is 0 Å². The van der Waals surface area contributed by atoms with Crippen molar-refractivity contribution >= 4 is 23.4 Å². The third kappa shape index (κ3) is 1.14. The predicted octanol–water partition coefficient (Wildman–Crippen LogP) is 1.17. The minimum absolute atomic E-state index is 0. The van der Waals surface area contributed by atoms with Gasteiger partial charge in [0, 0.05) is 0 Å². The van der Waals surface area contributed by atoms with Crippen LogP contribution in [-0.4, -0.2) is 9.66 Å². The van der Waals surface area contributed by atoms with Crippen molar-refractivity contribution in [2.75, 3.05) is 5.84 Å². The third-order valence-electron chi connectivity index (χ3n) is 1.48. The van der Waals surface area contributed by atoms with Gasteiger partial charge < -0.3 is 5.84 Å². The number of halogens is 1. The second-order valence-electron chi connectivity index (χ2n) is 2.14. The minimum Gasteiger partial charge on any atom is -0.338 e. The van der Waals surface area contributed by atoms with Gasteiger partial charge in [-0.1, -0.05) is 12.1 Å². The fourth-order valence-corrected chi connectivity index (χ4v) is 0.978. The maximum atomic E-state index is 5.53. The summed E-state index contributed by atoms with van der Waals surface area (Å²) in [4.78, 5) is 4.06. The van der Waals surface area contributed by atoms with E-state index in [1.165, 1.54) is 4.68 Å². The minimum atomic E-state index is 0. The first-order valence-electron chi connectivity index (χ1n) is 3.05. The molecule has 2 N–H and O–H groups in total. The molecular weight excluding hydrogens is 162 g/mol. The molecule has 0 aliphatic rings. The van der Waals surface area contributed by atoms with E-state index in [-0.39, 0.29) is 12.4 Å². The fraction of sp³-hybridized carbons (Fsp3) is 0. The van der Waals surface area contributed by atoms with Crippen LogP contribution < -0.4 is 5.84 Å². The van der Waals surface area contributed by atoms with Gasteiger partial charge in [-0.3, -0.25) is 0 Å². The fourth-order valence-electron chi connectivity index (χ4n) is 0.978. The lowest BCUT2D eigenvalue weighted by Gasteiger charge is -1.90. The zero-order chi connectivity index (χ0) is 6.97. The Bertz CT molecular complexity index is 355. The summed E-state index contributed by atoms with van der Waals surface area (Å²) in [6, 6.07) is 7.74. The zero-order valence-electron chi connectivity index (χ0n) is 5.77. The van der Waals surface area contributed by atoms with Crippen molar-refractivity contribution in [3.63, 3.8) is 0 Å². The highest BCUT2D eigenvalue weighted by atomic mass is 35.5. The monoisotopic (exact) mass is 169 g/mol. The summed E-state index contributed by atoms with van der Waals surface area (Å²) in [6.07, 6.45) is 1.60. The molecule has 0 aliphatic heterocycles. The smallest absolute Gasteiger partial charge is 0.115 e. The van der Waals surface area contributed by atoms with Crippen molar-refractivity contribution in [3.8, 4) is 0 Å². The Balaban J connectivity index is 0.000000605. The molecule has 1 heterocycles. The second-order valence-corrected chi connectivity index (χ2v) is 2.14. The molecule has 2 aromatic rings. The number of para-hydroxylation sites is 2. The summed E-state index contributed by atoms with van der Waals surface area (Å²) in [7, 11) is 0. The molecule has 0 atom stereocenters. The van der Waals surface area contributed by atoms with Crippen LogP contribution in [0.15, 0.2) is 30.6 Å². The number of aromatic nitrogens is 2. The van der Waals surface area contributed by atoms with E-state index in [2.05, 4.69) is 4.98 Å². The van der Waals surface area contributed by atoms with E-state index in [1.54, 1.807) is 6.33 Å². The quantitative estimate of drug-likeness (QED) is 0.602. The summed E-state index contributed by atoms with van der Waals surface area (Å²) in [6.45, 7) is 0. The van der Waals surface area contributed by atoms with E-state index >= 15 is 0 Å². The molecule has 0 bridgehead atoms. The second kappa shape index (κ2) is 2.80. The molecule has 0 aliphatic carbocycles. The van der Waals surface area contributed by atoms with Crippen molar-refractivity contribution in [2.24, 2.45) is 0 Å². The average Bonchev–Trinajstić information content (AvgIpc) is 2.34. The number of imidazole rings is 1. The zero-order valence-corrected chi connectivity index (χ0v) is 6.58. The lowest BCUT2D eigenvalue weighted by Crippen LogP contribution is -2.04. The summed E-state index contributed by atoms with van der Waals surface area (Å²) >= 11 is 0. The van der Waals surface area contributed by atoms with Gasteiger partial charge in [0.2, 0.25) is 0 Å². The number of nitrogens with two attached hydrogens (primary N) is 1. The molecular formula is C7H8ClN3. The van der Waals surface area contributed by atoms with Crippen LogP contribution in [0.2, 0.25) is 0 Å². The first-order chi connectivity index (χ1) is 4.88. The molecule has 0 unspecified atom stereocenters. The normalized spacial score (nSPS) is 9.45. The maximum absolute atomic E-state index is 5.53. The van der Waals surface area contributed by atoms with E-state index in [0.717, 1.165) is 11.0 Å². The summed E-state index contributed by atoms with van der Waals surface area (Å²) in [5.41, 5.74) is 1.90. The van der Waals surface area contributed by atoms with Crippen molar-refractivity contribution in [2.45, 2.75) is 0 Å². The predicted molar refractivity (Wildman–Crippen MR) is 47.1 cm³/mol. The number of hydrogen-bond donors (Lipinski definition) is 1. The highest BCUT2D eigenvalue weighted by molar-refractivity contribution is 5.85. The number of nitrogen functional groups attached to an aromatic ring is 1. The molecule has 1 aromatic heterocycles. The SMILES string of the molecule is Cl.Nn1cnc2ccccc21. The lowest BCUT2D eigenvalue weighted by molar-refractivity contribution is 1.04. The van der Waals surface area contributed by atoms with Crippen molar-refractivity contribution < 1.29 is 0 Å². The van der Waals surface area contributed by atoms with Crippen LogP contribution >= 0.6 is 12.4 Å². The van der Waals surface area contributed by atoms with Gasteiger partial charge in [0.1, 0.15) is 6.33 Å². The molecule has 2 rings (SSSR count). The number of hydrogen-bond acceptors (Lipinski definition) is 2. The van der Waals surface area contributed by atoms with E-state index in [4.69, 9.17) is 5.84 Å². The lowest BCUT2D eigenvalue weighted by atomic mass is 10.3. The summed E-state index contributed by atoms with van der Waals surface area (Å²) in [5.74, 6) is 5.53. The molecule has 58 valence electrons. The Morgan fingerprint density at radius 2 is 2.00 bits per heavy atom. The van der Waals surface area contributed by atoms with E-state index in [0.29, 0.717) is 0 Å². The molecule has 1 aromatic carbocycles. The maximum Gasteiger partial charge on any atom is 0.115 e.